The van der Waals surface area contributed by atoms with E-state index in [0.717, 1.165) is 50.5 Å². The van der Waals surface area contributed by atoms with E-state index in [1.807, 2.05) is 6.07 Å². The lowest BCUT2D eigenvalue weighted by Gasteiger charge is -2.28. The van der Waals surface area contributed by atoms with Gasteiger partial charge in [0.05, 0.1) is 5.69 Å². The third-order valence-corrected chi connectivity index (χ3v) is 10.5. The number of hydrogen-bond donors (Lipinski definition) is 0. The average Bonchev–Trinajstić information content (AvgIpc) is 3.64. The third-order valence-electron chi connectivity index (χ3n) is 10.5. The summed E-state index contributed by atoms with van der Waals surface area (Å²) in [5.74, 6) is 0.851. The summed E-state index contributed by atoms with van der Waals surface area (Å²) in [6.45, 7) is 0. The molecule has 0 N–H and O–H groups in total. The van der Waals surface area contributed by atoms with Crippen molar-refractivity contribution in [2.24, 2.45) is 0 Å². The highest BCUT2D eigenvalue weighted by Gasteiger charge is 2.23. The van der Waals surface area contributed by atoms with E-state index < -0.39 is 0 Å². The number of benzene rings is 9. The molecule has 2 heteroatoms. The Morgan fingerprint density at radius 2 is 0.815 bits per heavy atom. The first-order chi connectivity index (χ1) is 26.8. The van der Waals surface area contributed by atoms with Gasteiger partial charge in [-0.3, -0.25) is 0 Å². The van der Waals surface area contributed by atoms with E-state index in [0.29, 0.717) is 0 Å². The molecule has 0 amide bonds. The van der Waals surface area contributed by atoms with Crippen molar-refractivity contribution in [2.75, 3.05) is 4.90 Å². The number of fused-ring (bicyclic) bond motifs is 3. The topological polar surface area (TPSA) is 16.4 Å². The zero-order valence-electron chi connectivity index (χ0n) is 29.6. The smallest absolute Gasteiger partial charge is 0.145 e. The molecule has 0 aliphatic carbocycles. The van der Waals surface area contributed by atoms with Crippen LogP contribution < -0.4 is 4.90 Å². The summed E-state index contributed by atoms with van der Waals surface area (Å²) in [6, 6.07) is 75.8. The van der Waals surface area contributed by atoms with Crippen molar-refractivity contribution in [3.8, 4) is 44.7 Å². The molecule has 0 radical (unpaired) electrons. The van der Waals surface area contributed by atoms with E-state index in [2.05, 4.69) is 211 Å². The fourth-order valence-corrected chi connectivity index (χ4v) is 7.76. The Morgan fingerprint density at radius 3 is 1.43 bits per heavy atom. The highest BCUT2D eigenvalue weighted by Crippen LogP contribution is 2.47. The lowest BCUT2D eigenvalue weighted by atomic mass is 9.96. The van der Waals surface area contributed by atoms with Gasteiger partial charge in [-0.05, 0) is 104 Å². The molecule has 0 aliphatic heterocycles. The van der Waals surface area contributed by atoms with Gasteiger partial charge < -0.3 is 9.32 Å². The second-order valence-electron chi connectivity index (χ2n) is 13.7. The molecule has 9 aromatic carbocycles. The van der Waals surface area contributed by atoms with Crippen molar-refractivity contribution in [1.82, 2.24) is 0 Å². The van der Waals surface area contributed by atoms with Crippen LogP contribution in [-0.2, 0) is 0 Å². The lowest BCUT2D eigenvalue weighted by Crippen LogP contribution is -2.11. The molecule has 1 heterocycles. The lowest BCUT2D eigenvalue weighted by molar-refractivity contribution is 0.632. The Balaban J connectivity index is 1.13. The zero-order chi connectivity index (χ0) is 35.8. The Morgan fingerprint density at radius 1 is 0.333 bits per heavy atom. The van der Waals surface area contributed by atoms with E-state index in [1.54, 1.807) is 0 Å². The standard InChI is InChI=1S/C52H35NO/c1-2-14-40(15-3-1)51-48-19-9-11-21-50(48)54-52(51)47-18-8-10-20-49(47)53(45-30-26-38(27-31-45)43-24-22-36-12-4-6-16-41(36)34-43)46-32-28-39(29-33-46)44-25-23-37-13-5-7-17-42(37)35-44/h1-35H. The summed E-state index contributed by atoms with van der Waals surface area (Å²) < 4.78 is 6.80. The van der Waals surface area contributed by atoms with Crippen LogP contribution in [0.2, 0.25) is 0 Å². The molecule has 0 spiro atoms. The molecule has 0 atom stereocenters. The fraction of sp³-hybridized carbons (Fsp3) is 0. The number of para-hydroxylation sites is 2. The largest absolute Gasteiger partial charge is 0.455 e. The summed E-state index contributed by atoms with van der Waals surface area (Å²) >= 11 is 0. The normalized spacial score (nSPS) is 11.3. The summed E-state index contributed by atoms with van der Waals surface area (Å²) in [5.41, 5.74) is 12.0. The van der Waals surface area contributed by atoms with Gasteiger partial charge in [-0.1, -0.05) is 158 Å². The minimum Gasteiger partial charge on any atom is -0.455 e. The van der Waals surface area contributed by atoms with Crippen molar-refractivity contribution in [3.05, 3.63) is 212 Å². The Labute approximate surface area is 314 Å². The average molecular weight is 690 g/mol. The number of rotatable bonds is 7. The Kier molecular flexibility index (Phi) is 7.85. The van der Waals surface area contributed by atoms with Crippen LogP contribution in [0.25, 0.3) is 77.2 Å². The van der Waals surface area contributed by atoms with Gasteiger partial charge in [0, 0.05) is 27.9 Å². The zero-order valence-corrected chi connectivity index (χ0v) is 29.6. The second kappa shape index (κ2) is 13.4. The number of hydrogen-bond acceptors (Lipinski definition) is 2. The quantitative estimate of drug-likeness (QED) is 0.166. The molecule has 10 rings (SSSR count). The minimum absolute atomic E-state index is 0.851. The highest BCUT2D eigenvalue weighted by atomic mass is 16.3. The second-order valence-corrected chi connectivity index (χ2v) is 13.7. The van der Waals surface area contributed by atoms with Gasteiger partial charge in [-0.25, -0.2) is 0 Å². The number of anilines is 3. The van der Waals surface area contributed by atoms with Crippen molar-refractivity contribution in [3.63, 3.8) is 0 Å². The van der Waals surface area contributed by atoms with E-state index >= 15 is 0 Å². The van der Waals surface area contributed by atoms with E-state index in [-0.39, 0.29) is 0 Å². The van der Waals surface area contributed by atoms with Crippen LogP contribution in [0.5, 0.6) is 0 Å². The molecule has 0 fully saturated rings. The van der Waals surface area contributed by atoms with Gasteiger partial charge in [0.15, 0.2) is 0 Å². The van der Waals surface area contributed by atoms with Crippen LogP contribution >= 0.6 is 0 Å². The van der Waals surface area contributed by atoms with Crippen molar-refractivity contribution >= 4 is 49.6 Å². The van der Waals surface area contributed by atoms with Crippen LogP contribution in [0, 0.1) is 0 Å². The Hall–Kier alpha value is -7.16. The summed E-state index contributed by atoms with van der Waals surface area (Å²) in [5, 5.41) is 6.06. The molecule has 0 bridgehead atoms. The van der Waals surface area contributed by atoms with Gasteiger partial charge in [0.2, 0.25) is 0 Å². The van der Waals surface area contributed by atoms with E-state index in [4.69, 9.17) is 4.42 Å². The van der Waals surface area contributed by atoms with Crippen LogP contribution in [0.3, 0.4) is 0 Å². The van der Waals surface area contributed by atoms with Gasteiger partial charge in [-0.15, -0.1) is 0 Å². The van der Waals surface area contributed by atoms with Gasteiger partial charge >= 0.3 is 0 Å². The van der Waals surface area contributed by atoms with Crippen molar-refractivity contribution in [2.45, 2.75) is 0 Å². The van der Waals surface area contributed by atoms with Crippen LogP contribution in [0.1, 0.15) is 0 Å². The Bertz CT molecular complexity index is 2800. The summed E-state index contributed by atoms with van der Waals surface area (Å²) in [4.78, 5) is 2.35. The van der Waals surface area contributed by atoms with Gasteiger partial charge in [-0.2, -0.15) is 0 Å². The van der Waals surface area contributed by atoms with E-state index in [1.165, 1.54) is 43.8 Å². The van der Waals surface area contributed by atoms with Crippen molar-refractivity contribution in [1.29, 1.82) is 0 Å². The predicted octanol–water partition coefficient (Wildman–Crippen LogP) is 14.9. The first-order valence-electron chi connectivity index (χ1n) is 18.4. The molecule has 54 heavy (non-hydrogen) atoms. The fourth-order valence-electron chi connectivity index (χ4n) is 7.76. The molecule has 1 aromatic heterocycles. The number of nitrogens with zero attached hydrogens (tertiary/aromatic N) is 1. The predicted molar refractivity (Wildman–Crippen MR) is 228 cm³/mol. The maximum absolute atomic E-state index is 6.80. The molecule has 254 valence electrons. The molecule has 2 nitrogen and oxygen atoms in total. The SMILES string of the molecule is c1ccc(-c2c(-c3ccccc3N(c3ccc(-c4ccc5ccccc5c4)cc3)c3ccc(-c4ccc5ccccc5c4)cc3)oc3ccccc23)cc1. The number of furan rings is 1. The maximum atomic E-state index is 6.80. The molecular formula is C52H35NO. The third kappa shape index (κ3) is 5.71. The maximum Gasteiger partial charge on any atom is 0.145 e. The molecule has 0 saturated heterocycles. The highest BCUT2D eigenvalue weighted by molar-refractivity contribution is 6.04. The van der Waals surface area contributed by atoms with Crippen LogP contribution in [-0.4, -0.2) is 0 Å². The summed E-state index contributed by atoms with van der Waals surface area (Å²) in [7, 11) is 0. The van der Waals surface area contributed by atoms with Crippen LogP contribution in [0.15, 0.2) is 217 Å². The minimum atomic E-state index is 0.851. The first-order valence-corrected chi connectivity index (χ1v) is 18.4. The van der Waals surface area contributed by atoms with Gasteiger partial charge in [0.1, 0.15) is 11.3 Å². The van der Waals surface area contributed by atoms with Crippen LogP contribution in [0.4, 0.5) is 17.1 Å². The molecular weight excluding hydrogens is 655 g/mol. The van der Waals surface area contributed by atoms with Gasteiger partial charge in [0.25, 0.3) is 0 Å². The summed E-state index contributed by atoms with van der Waals surface area (Å²) in [6.07, 6.45) is 0. The molecule has 0 saturated carbocycles. The monoisotopic (exact) mass is 689 g/mol. The first kappa shape index (κ1) is 31.6. The van der Waals surface area contributed by atoms with E-state index in [9.17, 15) is 0 Å². The van der Waals surface area contributed by atoms with Crippen molar-refractivity contribution < 1.29 is 4.42 Å². The molecule has 0 unspecified atom stereocenters. The molecule has 10 aromatic rings. The molecule has 0 aliphatic rings.